The monoisotopic (exact) mass is 230 g/mol. The maximum atomic E-state index is 9.87. The molecule has 0 bridgehead atoms. The van der Waals surface area contributed by atoms with Gasteiger partial charge in [-0.2, -0.15) is 0 Å². The highest BCUT2D eigenvalue weighted by Gasteiger charge is 2.07. The quantitative estimate of drug-likeness (QED) is 0.474. The smallest absolute Gasteiger partial charge is 0.331 e. The topological polar surface area (TPSA) is 94.8 Å². The molecule has 16 heavy (non-hydrogen) atoms. The van der Waals surface area contributed by atoms with E-state index in [9.17, 15) is 9.59 Å². The van der Waals surface area contributed by atoms with Crippen molar-refractivity contribution in [1.29, 1.82) is 0 Å². The van der Waals surface area contributed by atoms with Crippen LogP contribution in [0.15, 0.2) is 24.3 Å². The van der Waals surface area contributed by atoms with Crippen LogP contribution in [0.5, 0.6) is 0 Å². The van der Waals surface area contributed by atoms with Gasteiger partial charge in [0.15, 0.2) is 0 Å². The van der Waals surface area contributed by atoms with Gasteiger partial charge in [0.05, 0.1) is 6.42 Å². The SMILES string of the molecule is C=C(CC(=O)O)C(=O)O.CCC=CCCO. The summed E-state index contributed by atoms with van der Waals surface area (Å²) in [5, 5.41) is 24.3. The number of aliphatic carboxylic acids is 2. The number of aliphatic hydroxyl groups is 1. The third-order valence-corrected chi connectivity index (χ3v) is 1.37. The standard InChI is InChI=1S/C6H12O.C5H6O4/c1-2-3-4-5-6-7;1-3(5(8)9)2-4(6)7/h3-4,7H,2,5-6H2,1H3;1-2H2,(H,6,7)(H,8,9). The van der Waals surface area contributed by atoms with Gasteiger partial charge in [-0.25, -0.2) is 4.79 Å². The third-order valence-electron chi connectivity index (χ3n) is 1.37. The van der Waals surface area contributed by atoms with E-state index >= 15 is 0 Å². The van der Waals surface area contributed by atoms with Gasteiger partial charge in [-0.1, -0.05) is 25.7 Å². The largest absolute Gasteiger partial charge is 0.481 e. The maximum Gasteiger partial charge on any atom is 0.331 e. The van der Waals surface area contributed by atoms with Crippen molar-refractivity contribution < 1.29 is 24.9 Å². The number of allylic oxidation sites excluding steroid dienone is 1. The van der Waals surface area contributed by atoms with Gasteiger partial charge in [-0.05, 0) is 12.8 Å². The van der Waals surface area contributed by atoms with E-state index in [1.54, 1.807) is 0 Å². The molecule has 5 nitrogen and oxygen atoms in total. The van der Waals surface area contributed by atoms with Crippen molar-refractivity contribution in [2.75, 3.05) is 6.61 Å². The van der Waals surface area contributed by atoms with E-state index in [0.717, 1.165) is 12.8 Å². The normalized spacial score (nSPS) is 9.38. The van der Waals surface area contributed by atoms with Gasteiger partial charge < -0.3 is 15.3 Å². The molecule has 0 saturated heterocycles. The Hall–Kier alpha value is -1.62. The number of carboxylic acid groups (broad SMARTS) is 2. The summed E-state index contributed by atoms with van der Waals surface area (Å²) in [5.41, 5.74) is -0.303. The molecule has 0 aromatic carbocycles. The Morgan fingerprint density at radius 1 is 1.25 bits per heavy atom. The van der Waals surface area contributed by atoms with Crippen molar-refractivity contribution >= 4 is 11.9 Å². The average molecular weight is 230 g/mol. The number of hydrogen-bond acceptors (Lipinski definition) is 3. The van der Waals surface area contributed by atoms with Crippen LogP contribution in [-0.2, 0) is 9.59 Å². The zero-order chi connectivity index (χ0) is 13.0. The zero-order valence-corrected chi connectivity index (χ0v) is 9.35. The van der Waals surface area contributed by atoms with E-state index in [0.29, 0.717) is 0 Å². The van der Waals surface area contributed by atoms with E-state index in [1.807, 2.05) is 6.08 Å². The number of hydrogen-bond donors (Lipinski definition) is 3. The van der Waals surface area contributed by atoms with Crippen LogP contribution in [0.25, 0.3) is 0 Å². The Balaban J connectivity index is 0. The summed E-state index contributed by atoms with van der Waals surface area (Å²) in [4.78, 5) is 19.7. The molecule has 0 aromatic rings. The zero-order valence-electron chi connectivity index (χ0n) is 9.35. The molecule has 0 amide bonds. The molecular formula is C11H18O5. The Bertz CT molecular complexity index is 255. The molecule has 0 aliphatic heterocycles. The van der Waals surface area contributed by atoms with Crippen LogP contribution < -0.4 is 0 Å². The van der Waals surface area contributed by atoms with Crippen molar-refractivity contribution in [3.63, 3.8) is 0 Å². The fraction of sp³-hybridized carbons (Fsp3) is 0.455. The molecule has 0 radical (unpaired) electrons. The summed E-state index contributed by atoms with van der Waals surface area (Å²) in [6, 6.07) is 0. The molecule has 0 aromatic heterocycles. The summed E-state index contributed by atoms with van der Waals surface area (Å²) in [6.07, 6.45) is 5.40. The van der Waals surface area contributed by atoms with Crippen molar-refractivity contribution in [2.45, 2.75) is 26.2 Å². The van der Waals surface area contributed by atoms with Crippen LogP contribution in [0.3, 0.4) is 0 Å². The molecule has 0 heterocycles. The Morgan fingerprint density at radius 2 is 1.81 bits per heavy atom. The first-order chi connectivity index (χ1) is 7.45. The van der Waals surface area contributed by atoms with E-state index in [2.05, 4.69) is 19.6 Å². The van der Waals surface area contributed by atoms with E-state index < -0.39 is 18.4 Å². The molecule has 0 spiro atoms. The summed E-state index contributed by atoms with van der Waals surface area (Å²) in [6.45, 7) is 5.37. The lowest BCUT2D eigenvalue weighted by Gasteiger charge is -1.91. The second kappa shape index (κ2) is 11.5. The van der Waals surface area contributed by atoms with Gasteiger partial charge in [0.1, 0.15) is 0 Å². The van der Waals surface area contributed by atoms with Gasteiger partial charge in [0, 0.05) is 12.2 Å². The second-order valence-electron chi connectivity index (χ2n) is 2.87. The maximum absolute atomic E-state index is 9.87. The minimum Gasteiger partial charge on any atom is -0.481 e. The average Bonchev–Trinajstić information content (AvgIpc) is 2.18. The predicted octanol–water partition coefficient (Wildman–Crippen LogP) is 1.44. The van der Waals surface area contributed by atoms with Crippen LogP contribution in [0, 0.1) is 0 Å². The molecule has 0 saturated carbocycles. The van der Waals surface area contributed by atoms with Crippen molar-refractivity contribution in [2.24, 2.45) is 0 Å². The third kappa shape index (κ3) is 14.9. The van der Waals surface area contributed by atoms with Crippen molar-refractivity contribution in [3.8, 4) is 0 Å². The first-order valence-corrected chi connectivity index (χ1v) is 4.84. The molecule has 0 fully saturated rings. The first-order valence-electron chi connectivity index (χ1n) is 4.84. The molecule has 0 aliphatic carbocycles. The molecule has 5 heteroatoms. The molecule has 0 unspecified atom stereocenters. The fourth-order valence-corrected chi connectivity index (χ4v) is 0.617. The van der Waals surface area contributed by atoms with Crippen LogP contribution >= 0.6 is 0 Å². The Kier molecular flexibility index (Phi) is 12.0. The molecule has 3 N–H and O–H groups in total. The molecule has 0 aliphatic rings. The van der Waals surface area contributed by atoms with E-state index in [4.69, 9.17) is 15.3 Å². The summed E-state index contributed by atoms with van der Waals surface area (Å²) in [5.74, 6) is -2.44. The minimum absolute atomic E-state index is 0.274. The molecule has 0 rings (SSSR count). The highest BCUT2D eigenvalue weighted by atomic mass is 16.4. The second-order valence-corrected chi connectivity index (χ2v) is 2.87. The van der Waals surface area contributed by atoms with Crippen molar-refractivity contribution in [3.05, 3.63) is 24.3 Å². The van der Waals surface area contributed by atoms with Crippen molar-refractivity contribution in [1.82, 2.24) is 0 Å². The van der Waals surface area contributed by atoms with Crippen LogP contribution in [0.1, 0.15) is 26.2 Å². The Morgan fingerprint density at radius 3 is 2.06 bits per heavy atom. The van der Waals surface area contributed by atoms with Gasteiger partial charge in [-0.15, -0.1) is 0 Å². The Labute approximate surface area is 94.7 Å². The number of aliphatic hydroxyl groups excluding tert-OH is 1. The predicted molar refractivity (Wildman–Crippen MR) is 60.2 cm³/mol. The molecule has 0 atom stereocenters. The van der Waals surface area contributed by atoms with Gasteiger partial charge in [0.2, 0.25) is 0 Å². The minimum atomic E-state index is -1.27. The van der Waals surface area contributed by atoms with Crippen LogP contribution in [0.2, 0.25) is 0 Å². The molecule has 92 valence electrons. The summed E-state index contributed by atoms with van der Waals surface area (Å²) < 4.78 is 0. The number of rotatable bonds is 6. The lowest BCUT2D eigenvalue weighted by atomic mass is 10.2. The lowest BCUT2D eigenvalue weighted by Crippen LogP contribution is -2.04. The van der Waals surface area contributed by atoms with E-state index in [-0.39, 0.29) is 12.2 Å². The lowest BCUT2D eigenvalue weighted by molar-refractivity contribution is -0.139. The van der Waals surface area contributed by atoms with E-state index in [1.165, 1.54) is 0 Å². The summed E-state index contributed by atoms with van der Waals surface area (Å²) >= 11 is 0. The molecular weight excluding hydrogens is 212 g/mol. The fourth-order valence-electron chi connectivity index (χ4n) is 0.617. The van der Waals surface area contributed by atoms with Gasteiger partial charge in [0.25, 0.3) is 0 Å². The van der Waals surface area contributed by atoms with Crippen LogP contribution in [-0.4, -0.2) is 33.9 Å². The number of carboxylic acids is 2. The van der Waals surface area contributed by atoms with Gasteiger partial charge >= 0.3 is 11.9 Å². The highest BCUT2D eigenvalue weighted by molar-refractivity contribution is 5.91. The van der Waals surface area contributed by atoms with Crippen LogP contribution in [0.4, 0.5) is 0 Å². The van der Waals surface area contributed by atoms with Gasteiger partial charge in [-0.3, -0.25) is 4.79 Å². The number of carbonyl (C=O) groups is 2. The first kappa shape index (κ1) is 16.8. The summed E-state index contributed by atoms with van der Waals surface area (Å²) in [7, 11) is 0. The highest BCUT2D eigenvalue weighted by Crippen LogP contribution is 1.95.